The molecule has 13 heavy (non-hydrogen) atoms. The lowest BCUT2D eigenvalue weighted by atomic mass is 10.1. The molecule has 2 heteroatoms. The molecule has 2 aromatic rings. The first-order chi connectivity index (χ1) is 6.36. The van der Waals surface area contributed by atoms with E-state index in [9.17, 15) is 0 Å². The smallest absolute Gasteiger partial charge is 0.0406 e. The van der Waals surface area contributed by atoms with Gasteiger partial charge in [-0.3, -0.25) is 4.98 Å². The van der Waals surface area contributed by atoms with Crippen molar-refractivity contribution in [3.63, 3.8) is 0 Å². The van der Waals surface area contributed by atoms with Crippen LogP contribution in [0, 0.1) is 0 Å². The molecule has 0 spiro atoms. The largest absolute Gasteiger partial charge is 0.264 e. The highest BCUT2D eigenvalue weighted by Gasteiger charge is 1.95. The minimum atomic E-state index is 0.757. The molecule has 0 bridgehead atoms. The van der Waals surface area contributed by atoms with Crippen molar-refractivity contribution in [3.8, 4) is 11.1 Å². The minimum absolute atomic E-state index is 0.757. The molecule has 0 N–H and O–H groups in total. The minimum Gasteiger partial charge on any atom is -0.264 e. The summed E-state index contributed by atoms with van der Waals surface area (Å²) < 4.78 is 0. The molecule has 0 aliphatic carbocycles. The third kappa shape index (κ3) is 1.87. The third-order valence-electron chi connectivity index (χ3n) is 1.84. The van der Waals surface area contributed by atoms with E-state index in [1.807, 2.05) is 42.6 Å². The van der Waals surface area contributed by atoms with E-state index >= 15 is 0 Å². The second-order valence-corrected chi connectivity index (χ2v) is 3.19. The van der Waals surface area contributed by atoms with Gasteiger partial charge in [-0.15, -0.1) is 0 Å². The quantitative estimate of drug-likeness (QED) is 0.670. The van der Waals surface area contributed by atoms with Crippen LogP contribution < -0.4 is 0 Å². The first kappa shape index (κ1) is 8.27. The Labute approximate surface area is 82.0 Å². The maximum absolute atomic E-state index is 5.78. The van der Waals surface area contributed by atoms with Crippen molar-refractivity contribution in [2.75, 3.05) is 0 Å². The van der Waals surface area contributed by atoms with Gasteiger partial charge >= 0.3 is 0 Å². The number of halogens is 1. The summed E-state index contributed by atoms with van der Waals surface area (Å²) >= 11 is 5.78. The first-order valence-corrected chi connectivity index (χ1v) is 4.40. The van der Waals surface area contributed by atoms with E-state index in [2.05, 4.69) is 4.98 Å². The van der Waals surface area contributed by atoms with Crippen molar-refractivity contribution < 1.29 is 0 Å². The summed E-state index contributed by atoms with van der Waals surface area (Å²) in [6.07, 6.45) is 3.60. The van der Waals surface area contributed by atoms with Crippen molar-refractivity contribution >= 4 is 11.6 Å². The Kier molecular flexibility index (Phi) is 2.28. The molecule has 0 unspecified atom stereocenters. The zero-order valence-electron chi connectivity index (χ0n) is 6.94. The molecular weight excluding hydrogens is 182 g/mol. The molecule has 1 nitrogen and oxygen atoms in total. The van der Waals surface area contributed by atoms with Gasteiger partial charge in [-0.05, 0) is 29.3 Å². The van der Waals surface area contributed by atoms with Gasteiger partial charge in [-0.1, -0.05) is 29.8 Å². The Morgan fingerprint density at radius 2 is 1.69 bits per heavy atom. The van der Waals surface area contributed by atoms with Gasteiger partial charge in [0.05, 0.1) is 0 Å². The molecule has 0 saturated carbocycles. The summed E-state index contributed by atoms with van der Waals surface area (Å²) in [6.45, 7) is 0. The number of aromatic nitrogens is 1. The molecule has 0 fully saturated rings. The van der Waals surface area contributed by atoms with Gasteiger partial charge in [0, 0.05) is 17.4 Å². The predicted molar refractivity (Wildman–Crippen MR) is 54.7 cm³/mol. The molecular formula is C11H8ClN. The average molecular weight is 190 g/mol. The van der Waals surface area contributed by atoms with Gasteiger partial charge in [-0.25, -0.2) is 0 Å². The zero-order chi connectivity index (χ0) is 9.10. The van der Waals surface area contributed by atoms with Crippen LogP contribution in [0.3, 0.4) is 0 Å². The summed E-state index contributed by atoms with van der Waals surface area (Å²) in [5.74, 6) is 0. The molecule has 0 radical (unpaired) electrons. The van der Waals surface area contributed by atoms with E-state index in [-0.39, 0.29) is 0 Å². The van der Waals surface area contributed by atoms with Gasteiger partial charge in [0.25, 0.3) is 0 Å². The van der Waals surface area contributed by atoms with E-state index in [4.69, 9.17) is 11.6 Å². The lowest BCUT2D eigenvalue weighted by Gasteiger charge is -1.99. The van der Waals surface area contributed by atoms with Crippen LogP contribution in [0.5, 0.6) is 0 Å². The third-order valence-corrected chi connectivity index (χ3v) is 2.09. The van der Waals surface area contributed by atoms with Crippen molar-refractivity contribution in [1.29, 1.82) is 0 Å². The van der Waals surface area contributed by atoms with Crippen LogP contribution in [0.15, 0.2) is 48.8 Å². The monoisotopic (exact) mass is 189 g/mol. The predicted octanol–water partition coefficient (Wildman–Crippen LogP) is 3.40. The Balaban J connectivity index is 2.42. The van der Waals surface area contributed by atoms with Crippen LogP contribution >= 0.6 is 11.6 Å². The molecule has 0 saturated heterocycles. The van der Waals surface area contributed by atoms with Gasteiger partial charge in [-0.2, -0.15) is 0 Å². The fourth-order valence-corrected chi connectivity index (χ4v) is 1.30. The number of benzene rings is 1. The summed E-state index contributed by atoms with van der Waals surface area (Å²) in [6, 6.07) is 11.7. The number of hydrogen-bond donors (Lipinski definition) is 0. The van der Waals surface area contributed by atoms with Gasteiger partial charge < -0.3 is 0 Å². The Hall–Kier alpha value is -1.34. The summed E-state index contributed by atoms with van der Waals surface area (Å²) in [5.41, 5.74) is 2.25. The van der Waals surface area contributed by atoms with E-state index in [0.29, 0.717) is 0 Å². The van der Waals surface area contributed by atoms with Gasteiger partial charge in [0.1, 0.15) is 0 Å². The molecule has 0 amide bonds. The Bertz CT molecular complexity index is 381. The lowest BCUT2D eigenvalue weighted by Crippen LogP contribution is -1.77. The number of rotatable bonds is 1. The van der Waals surface area contributed by atoms with Crippen molar-refractivity contribution in [2.45, 2.75) is 0 Å². The number of hydrogen-bond acceptors (Lipinski definition) is 1. The van der Waals surface area contributed by atoms with Crippen LogP contribution in [0.25, 0.3) is 11.1 Å². The fraction of sp³-hybridized carbons (Fsp3) is 0. The topological polar surface area (TPSA) is 12.9 Å². The molecule has 64 valence electrons. The molecule has 0 atom stereocenters. The maximum Gasteiger partial charge on any atom is 0.0406 e. The average Bonchev–Trinajstić information content (AvgIpc) is 2.20. The molecule has 1 heterocycles. The van der Waals surface area contributed by atoms with E-state index in [1.54, 1.807) is 6.20 Å². The normalized spacial score (nSPS) is 9.92. The van der Waals surface area contributed by atoms with Crippen molar-refractivity contribution in [1.82, 2.24) is 4.98 Å². The van der Waals surface area contributed by atoms with Crippen LogP contribution in [0.1, 0.15) is 0 Å². The SMILES string of the molecule is Clc1ccc(-c2cccnc2)cc1. The molecule has 0 aliphatic heterocycles. The highest BCUT2D eigenvalue weighted by Crippen LogP contribution is 2.19. The molecule has 1 aromatic heterocycles. The summed E-state index contributed by atoms with van der Waals surface area (Å²) in [4.78, 5) is 4.05. The van der Waals surface area contributed by atoms with Crippen LogP contribution in [0.4, 0.5) is 0 Å². The van der Waals surface area contributed by atoms with Crippen LogP contribution in [-0.2, 0) is 0 Å². The Morgan fingerprint density at radius 3 is 2.31 bits per heavy atom. The summed E-state index contributed by atoms with van der Waals surface area (Å²) in [7, 11) is 0. The molecule has 0 aliphatic rings. The standard InChI is InChI=1S/C11H8ClN/c12-11-5-3-9(4-6-11)10-2-1-7-13-8-10/h1-8H. The van der Waals surface area contributed by atoms with Crippen molar-refractivity contribution in [3.05, 3.63) is 53.8 Å². The highest BCUT2D eigenvalue weighted by molar-refractivity contribution is 6.30. The second-order valence-electron chi connectivity index (χ2n) is 2.75. The second kappa shape index (κ2) is 3.58. The highest BCUT2D eigenvalue weighted by atomic mass is 35.5. The lowest BCUT2D eigenvalue weighted by molar-refractivity contribution is 1.33. The van der Waals surface area contributed by atoms with E-state index in [1.165, 1.54) is 0 Å². The molecule has 2 rings (SSSR count). The number of nitrogens with zero attached hydrogens (tertiary/aromatic N) is 1. The summed E-state index contributed by atoms with van der Waals surface area (Å²) in [5, 5.41) is 0.757. The Morgan fingerprint density at radius 1 is 0.923 bits per heavy atom. The van der Waals surface area contributed by atoms with E-state index < -0.39 is 0 Å². The van der Waals surface area contributed by atoms with Crippen molar-refractivity contribution in [2.24, 2.45) is 0 Å². The van der Waals surface area contributed by atoms with Crippen LogP contribution in [0.2, 0.25) is 5.02 Å². The molecule has 1 aromatic carbocycles. The first-order valence-electron chi connectivity index (χ1n) is 4.02. The zero-order valence-corrected chi connectivity index (χ0v) is 7.70. The van der Waals surface area contributed by atoms with Gasteiger partial charge in [0.15, 0.2) is 0 Å². The number of pyridine rings is 1. The van der Waals surface area contributed by atoms with Crippen LogP contribution in [-0.4, -0.2) is 4.98 Å². The maximum atomic E-state index is 5.78. The van der Waals surface area contributed by atoms with Gasteiger partial charge in [0.2, 0.25) is 0 Å². The van der Waals surface area contributed by atoms with E-state index in [0.717, 1.165) is 16.1 Å². The fourth-order valence-electron chi connectivity index (χ4n) is 1.18.